The lowest BCUT2D eigenvalue weighted by Crippen LogP contribution is -2.23. The smallest absolute Gasteiger partial charge is 0.140 e. The Bertz CT molecular complexity index is 385. The van der Waals surface area contributed by atoms with E-state index in [-0.39, 0.29) is 6.04 Å². The summed E-state index contributed by atoms with van der Waals surface area (Å²) in [5.41, 5.74) is 7.91. The predicted molar refractivity (Wildman–Crippen MR) is 79.1 cm³/mol. The Morgan fingerprint density at radius 2 is 1.95 bits per heavy atom. The summed E-state index contributed by atoms with van der Waals surface area (Å²) in [6.07, 6.45) is 1.66. The summed E-state index contributed by atoms with van der Waals surface area (Å²) in [5.74, 6) is 0.801. The highest BCUT2D eigenvalue weighted by Crippen LogP contribution is 2.18. The molecule has 0 saturated heterocycles. The number of nitrogens with zero attached hydrogens (tertiary/aromatic N) is 1. The number of ether oxygens (including phenoxy) is 3. The van der Waals surface area contributed by atoms with E-state index in [1.807, 2.05) is 19.1 Å². The van der Waals surface area contributed by atoms with Crippen LogP contribution in [0.15, 0.2) is 12.1 Å². The first-order valence-electron chi connectivity index (χ1n) is 7.09. The number of pyridine rings is 1. The Morgan fingerprint density at radius 1 is 1.20 bits per heavy atom. The molecule has 1 unspecified atom stereocenters. The molecule has 0 radical (unpaired) electrons. The van der Waals surface area contributed by atoms with Crippen LogP contribution in [-0.2, 0) is 15.9 Å². The fourth-order valence-corrected chi connectivity index (χ4v) is 1.72. The van der Waals surface area contributed by atoms with Gasteiger partial charge in [-0.15, -0.1) is 0 Å². The predicted octanol–water partition coefficient (Wildman–Crippen LogP) is 1.71. The van der Waals surface area contributed by atoms with Crippen molar-refractivity contribution in [3.05, 3.63) is 23.5 Å². The number of nitrogens with two attached hydrogens (primary N) is 1. The highest BCUT2D eigenvalue weighted by molar-refractivity contribution is 5.30. The van der Waals surface area contributed by atoms with Crippen LogP contribution >= 0.6 is 0 Å². The summed E-state index contributed by atoms with van der Waals surface area (Å²) in [6.45, 7) is 6.27. The van der Waals surface area contributed by atoms with Crippen molar-refractivity contribution in [1.29, 1.82) is 0 Å². The van der Waals surface area contributed by atoms with Crippen LogP contribution in [0.2, 0.25) is 0 Å². The van der Waals surface area contributed by atoms with E-state index in [1.165, 1.54) is 0 Å². The molecule has 0 fully saturated rings. The van der Waals surface area contributed by atoms with Crippen LogP contribution in [0.1, 0.15) is 24.7 Å². The largest absolute Gasteiger partial charge is 0.489 e. The molecule has 0 aromatic carbocycles. The molecule has 1 heterocycles. The molecule has 5 heteroatoms. The average Bonchev–Trinajstić information content (AvgIpc) is 2.44. The van der Waals surface area contributed by atoms with Gasteiger partial charge in [0.15, 0.2) is 0 Å². The van der Waals surface area contributed by atoms with Gasteiger partial charge in [-0.05, 0) is 25.5 Å². The minimum atomic E-state index is 0.115. The van der Waals surface area contributed by atoms with Crippen LogP contribution in [0.4, 0.5) is 0 Å². The molecule has 5 nitrogen and oxygen atoms in total. The molecular formula is C15H26N2O3. The second-order valence-electron chi connectivity index (χ2n) is 4.72. The normalized spacial score (nSPS) is 12.4. The van der Waals surface area contributed by atoms with E-state index < -0.39 is 0 Å². The van der Waals surface area contributed by atoms with Gasteiger partial charge in [-0.3, -0.25) is 4.98 Å². The van der Waals surface area contributed by atoms with Gasteiger partial charge in [-0.1, -0.05) is 6.92 Å². The van der Waals surface area contributed by atoms with Gasteiger partial charge >= 0.3 is 0 Å². The average molecular weight is 282 g/mol. The van der Waals surface area contributed by atoms with Crippen molar-refractivity contribution in [3.63, 3.8) is 0 Å². The van der Waals surface area contributed by atoms with Gasteiger partial charge in [-0.25, -0.2) is 0 Å². The first-order chi connectivity index (χ1) is 9.67. The van der Waals surface area contributed by atoms with E-state index in [2.05, 4.69) is 11.9 Å². The summed E-state index contributed by atoms with van der Waals surface area (Å²) >= 11 is 0. The van der Waals surface area contributed by atoms with Crippen LogP contribution in [0.3, 0.4) is 0 Å². The zero-order valence-electron chi connectivity index (χ0n) is 12.7. The molecule has 0 aliphatic heterocycles. The standard InChI is InChI=1S/C15H26N2O3/c1-4-13(16)11-14-15(6-5-12(2)17-14)20-10-9-19-8-7-18-3/h5-6,13H,4,7-11,16H2,1-3H3. The zero-order valence-corrected chi connectivity index (χ0v) is 12.7. The lowest BCUT2D eigenvalue weighted by molar-refractivity contribution is 0.0542. The summed E-state index contributed by atoms with van der Waals surface area (Å²) in [6, 6.07) is 4.02. The lowest BCUT2D eigenvalue weighted by atomic mass is 10.1. The van der Waals surface area contributed by atoms with E-state index in [0.717, 1.165) is 30.0 Å². The molecule has 0 aliphatic carbocycles. The summed E-state index contributed by atoms with van der Waals surface area (Å²) in [5, 5.41) is 0. The van der Waals surface area contributed by atoms with Crippen molar-refractivity contribution in [2.24, 2.45) is 5.73 Å². The first-order valence-corrected chi connectivity index (χ1v) is 7.09. The van der Waals surface area contributed by atoms with Gasteiger partial charge in [0.25, 0.3) is 0 Å². The molecule has 0 amide bonds. The molecule has 20 heavy (non-hydrogen) atoms. The van der Waals surface area contributed by atoms with Crippen LogP contribution in [-0.4, -0.2) is 44.6 Å². The molecule has 1 aromatic rings. The van der Waals surface area contributed by atoms with E-state index in [1.54, 1.807) is 7.11 Å². The van der Waals surface area contributed by atoms with Crippen LogP contribution in [0.5, 0.6) is 5.75 Å². The van der Waals surface area contributed by atoms with Crippen molar-refractivity contribution in [1.82, 2.24) is 4.98 Å². The minimum absolute atomic E-state index is 0.115. The Labute approximate surface area is 121 Å². The first kappa shape index (κ1) is 16.9. The van der Waals surface area contributed by atoms with Gasteiger partial charge < -0.3 is 19.9 Å². The molecule has 0 bridgehead atoms. The summed E-state index contributed by atoms with van der Waals surface area (Å²) < 4.78 is 16.0. The molecule has 0 saturated carbocycles. The fourth-order valence-electron chi connectivity index (χ4n) is 1.72. The molecule has 2 N–H and O–H groups in total. The van der Waals surface area contributed by atoms with Crippen LogP contribution < -0.4 is 10.5 Å². The molecule has 0 spiro atoms. The van der Waals surface area contributed by atoms with E-state index in [0.29, 0.717) is 26.4 Å². The number of aryl methyl sites for hydroxylation is 1. The summed E-state index contributed by atoms with van der Waals surface area (Å²) in [4.78, 5) is 4.52. The van der Waals surface area contributed by atoms with Gasteiger partial charge in [-0.2, -0.15) is 0 Å². The fraction of sp³-hybridized carbons (Fsp3) is 0.667. The highest BCUT2D eigenvalue weighted by atomic mass is 16.5. The highest BCUT2D eigenvalue weighted by Gasteiger charge is 2.10. The van der Waals surface area contributed by atoms with Gasteiger partial charge in [0.2, 0.25) is 0 Å². The Kier molecular flexibility index (Phi) is 8.18. The van der Waals surface area contributed by atoms with Crippen molar-refractivity contribution in [2.75, 3.05) is 33.5 Å². The molecule has 1 aromatic heterocycles. The zero-order chi connectivity index (χ0) is 14.8. The topological polar surface area (TPSA) is 66.6 Å². The van der Waals surface area contributed by atoms with E-state index >= 15 is 0 Å². The third kappa shape index (κ3) is 6.32. The summed E-state index contributed by atoms with van der Waals surface area (Å²) in [7, 11) is 1.65. The number of methoxy groups -OCH3 is 1. The number of rotatable bonds is 10. The maximum absolute atomic E-state index is 6.00. The molecule has 1 rings (SSSR count). The number of hydrogen-bond donors (Lipinski definition) is 1. The van der Waals surface area contributed by atoms with Gasteiger partial charge in [0, 0.05) is 25.3 Å². The van der Waals surface area contributed by atoms with Crippen molar-refractivity contribution in [3.8, 4) is 5.75 Å². The van der Waals surface area contributed by atoms with Gasteiger partial charge in [0.05, 0.1) is 25.5 Å². The van der Waals surface area contributed by atoms with Crippen LogP contribution in [0.25, 0.3) is 0 Å². The number of hydrogen-bond acceptors (Lipinski definition) is 5. The third-order valence-electron chi connectivity index (χ3n) is 2.97. The second kappa shape index (κ2) is 9.69. The van der Waals surface area contributed by atoms with E-state index in [9.17, 15) is 0 Å². The Hall–Kier alpha value is -1.17. The monoisotopic (exact) mass is 282 g/mol. The Morgan fingerprint density at radius 3 is 2.65 bits per heavy atom. The lowest BCUT2D eigenvalue weighted by Gasteiger charge is -2.14. The maximum atomic E-state index is 6.00. The van der Waals surface area contributed by atoms with Crippen molar-refractivity contribution >= 4 is 0 Å². The molecular weight excluding hydrogens is 256 g/mol. The quantitative estimate of drug-likeness (QED) is 0.662. The third-order valence-corrected chi connectivity index (χ3v) is 2.97. The Balaban J connectivity index is 2.47. The van der Waals surface area contributed by atoms with Crippen LogP contribution in [0, 0.1) is 6.92 Å². The molecule has 114 valence electrons. The number of aromatic nitrogens is 1. The molecule has 0 aliphatic rings. The van der Waals surface area contributed by atoms with Gasteiger partial charge in [0.1, 0.15) is 12.4 Å². The SMILES string of the molecule is CCC(N)Cc1nc(C)ccc1OCCOCCOC. The van der Waals surface area contributed by atoms with Crippen molar-refractivity contribution in [2.45, 2.75) is 32.7 Å². The van der Waals surface area contributed by atoms with Crippen molar-refractivity contribution < 1.29 is 14.2 Å². The van der Waals surface area contributed by atoms with E-state index in [4.69, 9.17) is 19.9 Å². The maximum Gasteiger partial charge on any atom is 0.140 e. The minimum Gasteiger partial charge on any atom is -0.489 e. The molecule has 1 atom stereocenters. The second-order valence-corrected chi connectivity index (χ2v) is 4.72.